The Labute approximate surface area is 142 Å². The van der Waals surface area contributed by atoms with Crippen LogP contribution in [0, 0.1) is 0 Å². The maximum atomic E-state index is 12.1. The van der Waals surface area contributed by atoms with Gasteiger partial charge in [0, 0.05) is 0 Å². The first kappa shape index (κ1) is 17.6. The van der Waals surface area contributed by atoms with E-state index < -0.39 is 5.97 Å². The lowest BCUT2D eigenvalue weighted by Gasteiger charge is -2.12. The largest absolute Gasteiger partial charge is 0.544 e. The van der Waals surface area contributed by atoms with Gasteiger partial charge >= 0.3 is 0 Å². The topological polar surface area (TPSA) is 84.9 Å². The lowest BCUT2D eigenvalue weighted by molar-refractivity contribution is -0.254. The Morgan fingerprint density at radius 2 is 1.58 bits per heavy atom. The first-order chi connectivity index (χ1) is 11.5. The van der Waals surface area contributed by atoms with E-state index in [0.29, 0.717) is 27.7 Å². The van der Waals surface area contributed by atoms with Gasteiger partial charge in [0.05, 0.1) is 37.1 Å². The minimum atomic E-state index is -1.30. The number of benzene rings is 1. The fraction of sp³-hybridized carbons (Fsp3) is 0.176. The Kier molecular flexibility index (Phi) is 5.59. The standard InChI is InChI=1S/C17H16O6S/c1-21-12-8-10(9-13(22-2)16(12)23-3)4-5-11(18)14-6-7-15(24-14)17(19)20/h4-9H,1-3H3,(H,19,20)/p-1/b5-4+. The summed E-state index contributed by atoms with van der Waals surface area (Å²) in [5, 5.41) is 10.7. The van der Waals surface area contributed by atoms with Gasteiger partial charge in [-0.25, -0.2) is 0 Å². The van der Waals surface area contributed by atoms with Gasteiger partial charge in [-0.1, -0.05) is 6.08 Å². The molecule has 0 aliphatic carbocycles. The molecule has 0 bridgehead atoms. The van der Waals surface area contributed by atoms with Crippen LogP contribution in [0.4, 0.5) is 0 Å². The van der Waals surface area contributed by atoms with Crippen LogP contribution in [-0.4, -0.2) is 33.1 Å². The zero-order valence-corrected chi connectivity index (χ0v) is 14.1. The predicted octanol–water partition coefficient (Wildman–Crippen LogP) is 2.03. The third kappa shape index (κ3) is 3.75. The summed E-state index contributed by atoms with van der Waals surface area (Å²) in [6.07, 6.45) is 2.94. The van der Waals surface area contributed by atoms with E-state index in [1.165, 1.54) is 39.5 Å². The first-order valence-corrected chi connectivity index (χ1v) is 7.65. The number of ether oxygens (including phenoxy) is 3. The minimum absolute atomic E-state index is 0.0135. The Morgan fingerprint density at radius 1 is 1.00 bits per heavy atom. The van der Waals surface area contributed by atoms with Crippen LogP contribution in [0.1, 0.15) is 24.9 Å². The lowest BCUT2D eigenvalue weighted by Crippen LogP contribution is -2.20. The third-order valence-electron chi connectivity index (χ3n) is 3.16. The molecule has 126 valence electrons. The number of carbonyl (C=O) groups is 2. The lowest BCUT2D eigenvalue weighted by atomic mass is 10.1. The summed E-state index contributed by atoms with van der Waals surface area (Å²) in [4.78, 5) is 23.2. The monoisotopic (exact) mass is 347 g/mol. The Morgan fingerprint density at radius 3 is 2.04 bits per heavy atom. The van der Waals surface area contributed by atoms with Crippen molar-refractivity contribution in [3.63, 3.8) is 0 Å². The molecule has 1 heterocycles. The van der Waals surface area contributed by atoms with E-state index in [-0.39, 0.29) is 10.7 Å². The van der Waals surface area contributed by atoms with Gasteiger partial charge in [0.1, 0.15) is 0 Å². The van der Waals surface area contributed by atoms with Crippen molar-refractivity contribution in [2.45, 2.75) is 0 Å². The number of rotatable bonds is 7. The highest BCUT2D eigenvalue weighted by Gasteiger charge is 2.12. The van der Waals surface area contributed by atoms with E-state index >= 15 is 0 Å². The highest BCUT2D eigenvalue weighted by atomic mass is 32.1. The number of allylic oxidation sites excluding steroid dienone is 1. The molecular formula is C17H15O6S-. The van der Waals surface area contributed by atoms with Crippen LogP contribution >= 0.6 is 11.3 Å². The number of aromatic carboxylic acids is 1. The summed E-state index contributed by atoms with van der Waals surface area (Å²) >= 11 is 0.873. The number of carboxylic acids is 1. The molecule has 7 heteroatoms. The normalized spacial score (nSPS) is 10.6. The molecule has 0 aliphatic heterocycles. The Bertz CT molecular complexity index is 765. The van der Waals surface area contributed by atoms with Crippen molar-refractivity contribution < 1.29 is 28.9 Å². The summed E-state index contributed by atoms with van der Waals surface area (Å²) in [5.74, 6) is -0.201. The third-order valence-corrected chi connectivity index (χ3v) is 4.24. The molecule has 0 radical (unpaired) electrons. The summed E-state index contributed by atoms with van der Waals surface area (Å²) < 4.78 is 15.7. The maximum absolute atomic E-state index is 12.1. The number of carbonyl (C=O) groups excluding carboxylic acids is 2. The SMILES string of the molecule is COc1cc(/C=C/C(=O)c2ccc(C(=O)[O-])s2)cc(OC)c1OC. The highest BCUT2D eigenvalue weighted by Crippen LogP contribution is 2.38. The molecule has 1 aromatic carbocycles. The molecular weight excluding hydrogens is 332 g/mol. The molecule has 1 aromatic heterocycles. The maximum Gasteiger partial charge on any atom is 0.203 e. The van der Waals surface area contributed by atoms with Gasteiger partial charge in [-0.2, -0.15) is 0 Å². The van der Waals surface area contributed by atoms with E-state index in [1.807, 2.05) is 0 Å². The number of hydrogen-bond acceptors (Lipinski definition) is 7. The average molecular weight is 347 g/mol. The molecule has 0 atom stereocenters. The van der Waals surface area contributed by atoms with Crippen LogP contribution in [-0.2, 0) is 0 Å². The van der Waals surface area contributed by atoms with E-state index in [0.717, 1.165) is 11.3 Å². The van der Waals surface area contributed by atoms with Gasteiger partial charge in [0.25, 0.3) is 0 Å². The van der Waals surface area contributed by atoms with E-state index in [1.54, 1.807) is 18.2 Å². The number of ketones is 1. The molecule has 24 heavy (non-hydrogen) atoms. The number of methoxy groups -OCH3 is 3. The fourth-order valence-electron chi connectivity index (χ4n) is 2.03. The van der Waals surface area contributed by atoms with Gasteiger partial charge in [0.15, 0.2) is 17.3 Å². The van der Waals surface area contributed by atoms with E-state index in [2.05, 4.69) is 0 Å². The van der Waals surface area contributed by atoms with Crippen molar-refractivity contribution in [1.82, 2.24) is 0 Å². The van der Waals surface area contributed by atoms with Crippen LogP contribution < -0.4 is 19.3 Å². The van der Waals surface area contributed by atoms with E-state index in [4.69, 9.17) is 14.2 Å². The molecule has 2 aromatic rings. The molecule has 0 aliphatic rings. The number of hydrogen-bond donors (Lipinski definition) is 0. The van der Waals surface area contributed by atoms with Crippen molar-refractivity contribution in [3.8, 4) is 17.2 Å². The highest BCUT2D eigenvalue weighted by molar-refractivity contribution is 7.16. The molecule has 2 rings (SSSR count). The summed E-state index contributed by atoms with van der Waals surface area (Å²) in [5.41, 5.74) is 0.675. The van der Waals surface area contributed by atoms with Crippen LogP contribution in [0.3, 0.4) is 0 Å². The van der Waals surface area contributed by atoms with Crippen molar-refractivity contribution in [2.75, 3.05) is 21.3 Å². The molecule has 0 spiro atoms. The Balaban J connectivity index is 2.27. The van der Waals surface area contributed by atoms with Gasteiger partial charge < -0.3 is 24.1 Å². The average Bonchev–Trinajstić information content (AvgIpc) is 3.09. The van der Waals surface area contributed by atoms with Crippen molar-refractivity contribution in [3.05, 3.63) is 45.7 Å². The molecule has 6 nitrogen and oxygen atoms in total. The van der Waals surface area contributed by atoms with Gasteiger partial charge in [-0.15, -0.1) is 11.3 Å². The second-order valence-electron chi connectivity index (χ2n) is 4.61. The Hall–Kier alpha value is -2.80. The van der Waals surface area contributed by atoms with Gasteiger partial charge in [-0.3, -0.25) is 4.79 Å². The van der Waals surface area contributed by atoms with Crippen molar-refractivity contribution >= 4 is 29.2 Å². The molecule has 0 amide bonds. The summed E-state index contributed by atoms with van der Waals surface area (Å²) in [6, 6.07) is 6.20. The van der Waals surface area contributed by atoms with Crippen LogP contribution in [0.15, 0.2) is 30.3 Å². The molecule has 0 saturated carbocycles. The van der Waals surface area contributed by atoms with Crippen molar-refractivity contribution in [2.24, 2.45) is 0 Å². The minimum Gasteiger partial charge on any atom is -0.544 e. The second-order valence-corrected chi connectivity index (χ2v) is 5.69. The van der Waals surface area contributed by atoms with Crippen LogP contribution in [0.25, 0.3) is 6.08 Å². The molecule has 0 fully saturated rings. The van der Waals surface area contributed by atoms with E-state index in [9.17, 15) is 14.7 Å². The van der Waals surface area contributed by atoms with Crippen LogP contribution in [0.2, 0.25) is 0 Å². The quantitative estimate of drug-likeness (QED) is 0.563. The molecule has 0 saturated heterocycles. The van der Waals surface area contributed by atoms with Crippen molar-refractivity contribution in [1.29, 1.82) is 0 Å². The summed E-state index contributed by atoms with van der Waals surface area (Å²) in [6.45, 7) is 0. The second kappa shape index (κ2) is 7.65. The predicted molar refractivity (Wildman–Crippen MR) is 88.1 cm³/mol. The smallest absolute Gasteiger partial charge is 0.203 e. The van der Waals surface area contributed by atoms with Gasteiger partial charge in [-0.05, 0) is 35.9 Å². The van der Waals surface area contributed by atoms with Crippen LogP contribution in [0.5, 0.6) is 17.2 Å². The first-order valence-electron chi connectivity index (χ1n) is 6.83. The number of thiophene rings is 1. The number of carboxylic acid groups (broad SMARTS) is 1. The zero-order valence-electron chi connectivity index (χ0n) is 13.3. The fourth-order valence-corrected chi connectivity index (χ4v) is 2.79. The summed E-state index contributed by atoms with van der Waals surface area (Å²) in [7, 11) is 4.51. The zero-order chi connectivity index (χ0) is 17.7. The van der Waals surface area contributed by atoms with Gasteiger partial charge in [0.2, 0.25) is 5.75 Å². The molecule has 0 unspecified atom stereocenters. The molecule has 0 N–H and O–H groups in total.